The second-order valence-electron chi connectivity index (χ2n) is 7.97. The molecule has 0 aliphatic carbocycles. The van der Waals surface area contributed by atoms with Gasteiger partial charge in [-0.25, -0.2) is 13.4 Å². The van der Waals surface area contributed by atoms with Gasteiger partial charge in [0.25, 0.3) is 11.6 Å². The molecule has 0 saturated carbocycles. The monoisotopic (exact) mass is 496 g/mol. The molecule has 1 amide bonds. The minimum absolute atomic E-state index is 0.0380. The number of hydrogen-bond acceptors (Lipinski definition) is 6. The molecule has 32 heavy (non-hydrogen) atoms. The first-order valence-electron chi connectivity index (χ1n) is 10.1. The van der Waals surface area contributed by atoms with Gasteiger partial charge in [0.1, 0.15) is 4.90 Å². The molecule has 1 aromatic carbocycles. The molecule has 1 fully saturated rings. The van der Waals surface area contributed by atoms with Crippen molar-refractivity contribution >= 4 is 50.2 Å². The lowest BCUT2D eigenvalue weighted by molar-refractivity contribution is 0.0699. The molecule has 0 bridgehead atoms. The van der Waals surface area contributed by atoms with E-state index >= 15 is 0 Å². The van der Waals surface area contributed by atoms with E-state index in [9.17, 15) is 13.2 Å². The molecule has 4 rings (SSSR count). The summed E-state index contributed by atoms with van der Waals surface area (Å²) in [6, 6.07) is 6.10. The van der Waals surface area contributed by atoms with Crippen LogP contribution < -0.4 is 0 Å². The predicted molar refractivity (Wildman–Crippen MR) is 122 cm³/mol. The van der Waals surface area contributed by atoms with Crippen molar-refractivity contribution in [3.63, 3.8) is 0 Å². The molecule has 3 heterocycles. The Morgan fingerprint density at radius 2 is 1.81 bits per heavy atom. The highest BCUT2D eigenvalue weighted by Gasteiger charge is 2.33. The molecule has 2 aromatic heterocycles. The van der Waals surface area contributed by atoms with Gasteiger partial charge < -0.3 is 9.42 Å². The largest absolute Gasteiger partial charge is 0.336 e. The number of sulfonamides is 1. The third kappa shape index (κ3) is 4.10. The number of piperazine rings is 1. The van der Waals surface area contributed by atoms with Crippen LogP contribution in [0.25, 0.3) is 11.1 Å². The number of nitrogens with zero attached hydrogens (tertiary/aromatic N) is 4. The molecule has 11 heteroatoms. The number of rotatable bonds is 4. The summed E-state index contributed by atoms with van der Waals surface area (Å²) in [7, 11) is -3.84. The lowest BCUT2D eigenvalue weighted by Crippen LogP contribution is -2.50. The van der Waals surface area contributed by atoms with Crippen molar-refractivity contribution in [2.75, 3.05) is 26.2 Å². The lowest BCUT2D eigenvalue weighted by atomic mass is 10.0. The van der Waals surface area contributed by atoms with Crippen LogP contribution in [0.15, 0.2) is 33.7 Å². The number of hydrogen-bond donors (Lipinski definition) is 0. The smallest absolute Gasteiger partial charge is 0.259 e. The molecule has 1 aliphatic heterocycles. The van der Waals surface area contributed by atoms with Gasteiger partial charge in [0.05, 0.1) is 21.7 Å². The fraction of sp³-hybridized carbons (Fsp3) is 0.381. The molecule has 0 atom stereocenters. The number of aryl methyl sites for hydroxylation is 1. The molecule has 0 N–H and O–H groups in total. The van der Waals surface area contributed by atoms with Crippen LogP contribution in [0, 0.1) is 6.92 Å². The Morgan fingerprint density at radius 1 is 1.12 bits per heavy atom. The van der Waals surface area contributed by atoms with Gasteiger partial charge in [-0.1, -0.05) is 42.2 Å². The van der Waals surface area contributed by atoms with Gasteiger partial charge >= 0.3 is 0 Å². The van der Waals surface area contributed by atoms with E-state index in [1.54, 1.807) is 17.9 Å². The summed E-state index contributed by atoms with van der Waals surface area (Å²) >= 11 is 12.1. The maximum atomic E-state index is 13.4. The second kappa shape index (κ2) is 8.62. The summed E-state index contributed by atoms with van der Waals surface area (Å²) in [4.78, 5) is 19.5. The van der Waals surface area contributed by atoms with E-state index in [1.165, 1.54) is 22.5 Å². The van der Waals surface area contributed by atoms with Gasteiger partial charge in [-0.15, -0.1) is 0 Å². The second-order valence-corrected chi connectivity index (χ2v) is 10.7. The summed E-state index contributed by atoms with van der Waals surface area (Å²) in [5.74, 6) is -0.107. The highest BCUT2D eigenvalue weighted by Crippen LogP contribution is 2.30. The summed E-state index contributed by atoms with van der Waals surface area (Å²) < 4.78 is 32.7. The molecular formula is C21H22Cl2N4O4S. The van der Waals surface area contributed by atoms with E-state index in [0.717, 1.165) is 5.69 Å². The van der Waals surface area contributed by atoms with Crippen molar-refractivity contribution in [2.45, 2.75) is 31.6 Å². The standard InChI is InChI=1S/C21H22Cl2N4O4S/c1-12(2)17-11-15(19-13(3)25-31-20(19)24-17)21(28)26-6-8-27(9-7-26)32(29,30)18-10-14(22)4-5-16(18)23/h4-5,10-12H,6-9H2,1-3H3. The van der Waals surface area contributed by atoms with E-state index in [0.29, 0.717) is 22.4 Å². The van der Waals surface area contributed by atoms with Crippen LogP contribution in [0.1, 0.15) is 41.5 Å². The zero-order valence-corrected chi connectivity index (χ0v) is 20.1. The zero-order valence-electron chi connectivity index (χ0n) is 17.8. The van der Waals surface area contributed by atoms with Crippen molar-refractivity contribution in [3.8, 4) is 0 Å². The minimum Gasteiger partial charge on any atom is -0.336 e. The number of fused-ring (bicyclic) bond motifs is 1. The van der Waals surface area contributed by atoms with Crippen molar-refractivity contribution in [3.05, 3.63) is 51.3 Å². The van der Waals surface area contributed by atoms with Crippen LogP contribution >= 0.6 is 23.2 Å². The highest BCUT2D eigenvalue weighted by atomic mass is 35.5. The number of aromatic nitrogens is 2. The van der Waals surface area contributed by atoms with Gasteiger partial charge in [0.15, 0.2) is 0 Å². The molecule has 0 spiro atoms. The maximum absolute atomic E-state index is 13.4. The van der Waals surface area contributed by atoms with Crippen LogP contribution in [0.3, 0.4) is 0 Å². The first kappa shape index (κ1) is 23.0. The number of benzene rings is 1. The predicted octanol–water partition coefficient (Wildman–Crippen LogP) is 4.11. The van der Waals surface area contributed by atoms with Crippen molar-refractivity contribution < 1.29 is 17.7 Å². The van der Waals surface area contributed by atoms with E-state index in [2.05, 4.69) is 10.1 Å². The third-order valence-electron chi connectivity index (χ3n) is 5.50. The first-order chi connectivity index (χ1) is 15.1. The average Bonchev–Trinajstić information content (AvgIpc) is 3.15. The number of amides is 1. The Kier molecular flexibility index (Phi) is 6.19. The summed E-state index contributed by atoms with van der Waals surface area (Å²) in [6.07, 6.45) is 0. The zero-order chi connectivity index (χ0) is 23.2. The van der Waals surface area contributed by atoms with Crippen molar-refractivity contribution in [2.24, 2.45) is 0 Å². The van der Waals surface area contributed by atoms with Crippen LogP contribution in [0.2, 0.25) is 10.0 Å². The van der Waals surface area contributed by atoms with E-state index in [4.69, 9.17) is 27.7 Å². The van der Waals surface area contributed by atoms with Crippen LogP contribution in [-0.2, 0) is 10.0 Å². The van der Waals surface area contributed by atoms with E-state index in [1.807, 2.05) is 13.8 Å². The summed E-state index contributed by atoms with van der Waals surface area (Å²) in [5.41, 5.74) is 2.11. The Bertz CT molecular complexity index is 1300. The maximum Gasteiger partial charge on any atom is 0.259 e. The normalized spacial score (nSPS) is 15.6. The number of pyridine rings is 1. The van der Waals surface area contributed by atoms with Gasteiger partial charge in [-0.05, 0) is 37.1 Å². The van der Waals surface area contributed by atoms with Crippen molar-refractivity contribution in [1.29, 1.82) is 0 Å². The van der Waals surface area contributed by atoms with Gasteiger partial charge in [-0.3, -0.25) is 4.79 Å². The topological polar surface area (TPSA) is 96.6 Å². The van der Waals surface area contributed by atoms with Gasteiger partial charge in [-0.2, -0.15) is 4.31 Å². The summed E-state index contributed by atoms with van der Waals surface area (Å²) in [5, 5.41) is 4.94. The Balaban J connectivity index is 1.58. The van der Waals surface area contributed by atoms with Crippen LogP contribution in [0.5, 0.6) is 0 Å². The van der Waals surface area contributed by atoms with Crippen LogP contribution in [0.4, 0.5) is 0 Å². The molecule has 3 aromatic rings. The molecule has 1 saturated heterocycles. The van der Waals surface area contributed by atoms with Crippen molar-refractivity contribution in [1.82, 2.24) is 19.3 Å². The minimum atomic E-state index is -3.84. The lowest BCUT2D eigenvalue weighted by Gasteiger charge is -2.34. The Morgan fingerprint density at radius 3 is 2.47 bits per heavy atom. The molecule has 0 unspecified atom stereocenters. The number of halogens is 2. The molecule has 8 nitrogen and oxygen atoms in total. The number of carbonyl (C=O) groups excluding carboxylic acids is 1. The Labute approximate surface area is 196 Å². The van der Waals surface area contributed by atoms with E-state index < -0.39 is 10.0 Å². The molecule has 170 valence electrons. The average molecular weight is 497 g/mol. The van der Waals surface area contributed by atoms with Gasteiger partial charge in [0, 0.05) is 36.9 Å². The fourth-order valence-electron chi connectivity index (χ4n) is 3.69. The first-order valence-corrected chi connectivity index (χ1v) is 12.3. The highest BCUT2D eigenvalue weighted by molar-refractivity contribution is 7.89. The van der Waals surface area contributed by atoms with E-state index in [-0.39, 0.29) is 52.9 Å². The summed E-state index contributed by atoms with van der Waals surface area (Å²) in [6.45, 7) is 6.49. The number of carbonyl (C=O) groups is 1. The quantitative estimate of drug-likeness (QED) is 0.539. The fourth-order valence-corrected chi connectivity index (χ4v) is 5.85. The SMILES string of the molecule is Cc1noc2nc(C(C)C)cc(C(=O)N3CCN(S(=O)(=O)c4cc(Cl)ccc4Cl)CC3)c12. The van der Waals surface area contributed by atoms with Gasteiger partial charge in [0.2, 0.25) is 10.0 Å². The molecule has 0 radical (unpaired) electrons. The third-order valence-corrected chi connectivity index (χ3v) is 8.11. The molecule has 1 aliphatic rings. The van der Waals surface area contributed by atoms with Crippen LogP contribution in [-0.4, -0.2) is 59.8 Å². The molecular weight excluding hydrogens is 475 g/mol. The Hall–Kier alpha value is -2.20.